The van der Waals surface area contributed by atoms with Crippen LogP contribution in [0.1, 0.15) is 15.9 Å². The molecule has 8 heteroatoms. The summed E-state index contributed by atoms with van der Waals surface area (Å²) in [6.07, 6.45) is 0. The molecular weight excluding hydrogens is 386 g/mol. The maximum atomic E-state index is 13.2. The van der Waals surface area contributed by atoms with Crippen molar-refractivity contribution in [3.05, 3.63) is 89.5 Å². The summed E-state index contributed by atoms with van der Waals surface area (Å²) in [4.78, 5) is 12.2. The average Bonchev–Trinajstić information content (AvgIpc) is 2.66. The van der Waals surface area contributed by atoms with E-state index in [1.807, 2.05) is 6.92 Å². The van der Waals surface area contributed by atoms with E-state index in [4.69, 9.17) is 0 Å². The van der Waals surface area contributed by atoms with Crippen LogP contribution < -0.4 is 10.0 Å². The van der Waals surface area contributed by atoms with Crippen LogP contribution in [0.3, 0.4) is 0 Å². The monoisotopic (exact) mass is 402 g/mol. The predicted octanol–water partition coefficient (Wildman–Crippen LogP) is 4.33. The number of anilines is 2. The second kappa shape index (κ2) is 7.77. The SMILES string of the molecule is Cc1ccc(NS(=O)(=O)c2ccc(C(=O)Nc3ccc(F)c(F)c3)cc2)cc1. The third-order valence-electron chi connectivity index (χ3n) is 3.91. The summed E-state index contributed by atoms with van der Waals surface area (Å²) in [5.41, 5.74) is 1.67. The van der Waals surface area contributed by atoms with Gasteiger partial charge in [0.25, 0.3) is 15.9 Å². The van der Waals surface area contributed by atoms with Gasteiger partial charge < -0.3 is 5.32 Å². The minimum Gasteiger partial charge on any atom is -0.322 e. The number of nitrogens with one attached hydrogen (secondary N) is 2. The van der Waals surface area contributed by atoms with Crippen LogP contribution in [0.25, 0.3) is 0 Å². The molecule has 5 nitrogen and oxygen atoms in total. The van der Waals surface area contributed by atoms with Crippen molar-refractivity contribution in [3.63, 3.8) is 0 Å². The molecular formula is C20H16F2N2O3S. The lowest BCUT2D eigenvalue weighted by atomic mass is 10.2. The van der Waals surface area contributed by atoms with Crippen molar-refractivity contribution in [1.29, 1.82) is 0 Å². The number of halogens is 2. The van der Waals surface area contributed by atoms with Crippen molar-refractivity contribution in [2.24, 2.45) is 0 Å². The van der Waals surface area contributed by atoms with E-state index in [-0.39, 0.29) is 16.1 Å². The Morgan fingerprint density at radius 3 is 2.04 bits per heavy atom. The molecule has 0 radical (unpaired) electrons. The van der Waals surface area contributed by atoms with Gasteiger partial charge in [0.1, 0.15) is 0 Å². The highest BCUT2D eigenvalue weighted by atomic mass is 32.2. The van der Waals surface area contributed by atoms with E-state index in [0.29, 0.717) is 5.69 Å². The molecule has 0 heterocycles. The van der Waals surface area contributed by atoms with Crippen molar-refractivity contribution < 1.29 is 22.0 Å². The minimum absolute atomic E-state index is 0.0162. The third kappa shape index (κ3) is 4.52. The molecule has 0 spiro atoms. The van der Waals surface area contributed by atoms with E-state index in [1.165, 1.54) is 30.3 Å². The summed E-state index contributed by atoms with van der Waals surface area (Å²) in [6, 6.07) is 15.1. The molecule has 0 aromatic heterocycles. The molecule has 3 aromatic rings. The first-order valence-electron chi connectivity index (χ1n) is 8.20. The number of rotatable bonds is 5. The van der Waals surface area contributed by atoms with Gasteiger partial charge in [-0.25, -0.2) is 17.2 Å². The first-order chi connectivity index (χ1) is 13.2. The molecule has 1 amide bonds. The summed E-state index contributed by atoms with van der Waals surface area (Å²) >= 11 is 0. The quantitative estimate of drug-likeness (QED) is 0.667. The summed E-state index contributed by atoms with van der Waals surface area (Å²) < 4.78 is 53.5. The number of hydrogen-bond donors (Lipinski definition) is 2. The van der Waals surface area contributed by atoms with Gasteiger partial charge in [-0.1, -0.05) is 17.7 Å². The molecule has 28 heavy (non-hydrogen) atoms. The molecule has 0 aliphatic carbocycles. The van der Waals surface area contributed by atoms with E-state index in [2.05, 4.69) is 10.0 Å². The smallest absolute Gasteiger partial charge is 0.261 e. The highest BCUT2D eigenvalue weighted by Gasteiger charge is 2.15. The molecule has 3 aromatic carbocycles. The number of amides is 1. The Morgan fingerprint density at radius 1 is 0.821 bits per heavy atom. The van der Waals surface area contributed by atoms with Crippen LogP contribution in [0, 0.1) is 18.6 Å². The Balaban J connectivity index is 1.73. The molecule has 0 unspecified atom stereocenters. The zero-order chi connectivity index (χ0) is 20.3. The Labute approximate surface area is 161 Å². The summed E-state index contributed by atoms with van der Waals surface area (Å²) in [5, 5.41) is 2.42. The molecule has 0 aliphatic heterocycles. The average molecular weight is 402 g/mol. The van der Waals surface area contributed by atoms with Gasteiger partial charge in [0.15, 0.2) is 11.6 Å². The van der Waals surface area contributed by atoms with Gasteiger partial charge in [0.05, 0.1) is 4.90 Å². The normalized spacial score (nSPS) is 11.1. The fourth-order valence-corrected chi connectivity index (χ4v) is 3.46. The van der Waals surface area contributed by atoms with Gasteiger partial charge in [0.2, 0.25) is 0 Å². The van der Waals surface area contributed by atoms with Crippen molar-refractivity contribution in [3.8, 4) is 0 Å². The number of aryl methyl sites for hydroxylation is 1. The standard InChI is InChI=1S/C20H16F2N2O3S/c1-13-2-6-15(7-3-13)24-28(26,27)17-9-4-14(5-10-17)20(25)23-16-8-11-18(21)19(22)12-16/h2-12,24H,1H3,(H,23,25). The Morgan fingerprint density at radius 2 is 1.43 bits per heavy atom. The molecule has 0 bridgehead atoms. The Bertz CT molecular complexity index is 1110. The lowest BCUT2D eigenvalue weighted by molar-refractivity contribution is 0.102. The van der Waals surface area contributed by atoms with Crippen LogP contribution in [0.5, 0.6) is 0 Å². The van der Waals surface area contributed by atoms with Gasteiger partial charge in [-0.3, -0.25) is 9.52 Å². The number of sulfonamides is 1. The van der Waals surface area contributed by atoms with Crippen molar-refractivity contribution in [2.75, 3.05) is 10.0 Å². The zero-order valence-corrected chi connectivity index (χ0v) is 15.6. The maximum absolute atomic E-state index is 13.2. The summed E-state index contributed by atoms with van der Waals surface area (Å²) in [5.74, 6) is -2.68. The molecule has 144 valence electrons. The van der Waals surface area contributed by atoms with Gasteiger partial charge in [0, 0.05) is 23.0 Å². The third-order valence-corrected chi connectivity index (χ3v) is 5.31. The molecule has 3 rings (SSSR count). The summed E-state index contributed by atoms with van der Waals surface area (Å²) in [7, 11) is -3.81. The topological polar surface area (TPSA) is 75.3 Å². The largest absolute Gasteiger partial charge is 0.322 e. The van der Waals surface area contributed by atoms with Crippen molar-refractivity contribution >= 4 is 27.3 Å². The van der Waals surface area contributed by atoms with E-state index >= 15 is 0 Å². The van der Waals surface area contributed by atoms with Crippen molar-refractivity contribution in [2.45, 2.75) is 11.8 Å². The molecule has 0 aliphatic rings. The molecule has 0 fully saturated rings. The summed E-state index contributed by atoms with van der Waals surface area (Å²) in [6.45, 7) is 1.89. The highest BCUT2D eigenvalue weighted by molar-refractivity contribution is 7.92. The Hall–Kier alpha value is -3.26. The van der Waals surface area contributed by atoms with E-state index < -0.39 is 27.6 Å². The van der Waals surface area contributed by atoms with E-state index in [9.17, 15) is 22.0 Å². The fourth-order valence-electron chi connectivity index (χ4n) is 2.40. The first kappa shape index (κ1) is 19.5. The van der Waals surface area contributed by atoms with Crippen LogP contribution in [0.15, 0.2) is 71.6 Å². The second-order valence-corrected chi connectivity index (χ2v) is 7.76. The van der Waals surface area contributed by atoms with E-state index in [1.54, 1.807) is 24.3 Å². The van der Waals surface area contributed by atoms with Gasteiger partial charge in [-0.15, -0.1) is 0 Å². The number of carbonyl (C=O) groups is 1. The lowest BCUT2D eigenvalue weighted by Gasteiger charge is -2.09. The Kier molecular flexibility index (Phi) is 5.41. The van der Waals surface area contributed by atoms with E-state index in [0.717, 1.165) is 17.7 Å². The molecule has 2 N–H and O–H groups in total. The maximum Gasteiger partial charge on any atom is 0.261 e. The molecule has 0 saturated carbocycles. The van der Waals surface area contributed by atoms with Crippen LogP contribution in [0.4, 0.5) is 20.2 Å². The number of carbonyl (C=O) groups excluding carboxylic acids is 1. The minimum atomic E-state index is -3.81. The molecule has 0 atom stereocenters. The van der Waals surface area contributed by atoms with Crippen LogP contribution in [-0.2, 0) is 10.0 Å². The zero-order valence-electron chi connectivity index (χ0n) is 14.7. The molecule has 0 saturated heterocycles. The van der Waals surface area contributed by atoms with Crippen LogP contribution in [-0.4, -0.2) is 14.3 Å². The number of hydrogen-bond acceptors (Lipinski definition) is 3. The van der Waals surface area contributed by atoms with Crippen LogP contribution in [0.2, 0.25) is 0 Å². The number of benzene rings is 3. The van der Waals surface area contributed by atoms with Gasteiger partial charge in [-0.2, -0.15) is 0 Å². The van der Waals surface area contributed by atoms with Gasteiger partial charge in [-0.05, 0) is 55.5 Å². The fraction of sp³-hybridized carbons (Fsp3) is 0.0500. The van der Waals surface area contributed by atoms with Crippen molar-refractivity contribution in [1.82, 2.24) is 0 Å². The lowest BCUT2D eigenvalue weighted by Crippen LogP contribution is -2.15. The second-order valence-electron chi connectivity index (χ2n) is 6.08. The van der Waals surface area contributed by atoms with Crippen LogP contribution >= 0.6 is 0 Å². The van der Waals surface area contributed by atoms with Gasteiger partial charge >= 0.3 is 0 Å². The first-order valence-corrected chi connectivity index (χ1v) is 9.69. The predicted molar refractivity (Wildman–Crippen MR) is 103 cm³/mol. The highest BCUT2D eigenvalue weighted by Crippen LogP contribution is 2.18.